The van der Waals surface area contributed by atoms with Crippen LogP contribution in [0.4, 0.5) is 4.79 Å². The van der Waals surface area contributed by atoms with E-state index in [0.717, 1.165) is 4.90 Å². The number of alkyl carbamates (subject to hydrolysis) is 1. The zero-order valence-electron chi connectivity index (χ0n) is 15.9. The minimum atomic E-state index is -0.724. The Morgan fingerprint density at radius 3 is 2.21 bits per heavy atom. The van der Waals surface area contributed by atoms with Gasteiger partial charge in [-0.3, -0.25) is 14.5 Å². The summed E-state index contributed by atoms with van der Waals surface area (Å²) in [5, 5.41) is 3.12. The zero-order chi connectivity index (χ0) is 20.5. The Morgan fingerprint density at radius 2 is 1.68 bits per heavy atom. The van der Waals surface area contributed by atoms with Crippen molar-refractivity contribution in [3.05, 3.63) is 70.2 Å². The van der Waals surface area contributed by atoms with Crippen LogP contribution in [-0.4, -0.2) is 35.0 Å². The fraction of sp³-hybridized carbons (Fsp3) is 0.286. The minimum Gasteiger partial charge on any atom is -0.444 e. The van der Waals surface area contributed by atoms with Gasteiger partial charge in [-0.1, -0.05) is 35.9 Å². The van der Waals surface area contributed by atoms with Gasteiger partial charge in [0.2, 0.25) is 0 Å². The number of carbonyl (C=O) groups is 3. The summed E-state index contributed by atoms with van der Waals surface area (Å²) in [5.74, 6) is -0.812. The van der Waals surface area contributed by atoms with Gasteiger partial charge in [-0.25, -0.2) is 4.79 Å². The van der Waals surface area contributed by atoms with Gasteiger partial charge in [0.1, 0.15) is 5.60 Å². The molecule has 3 amide bonds. The van der Waals surface area contributed by atoms with Gasteiger partial charge in [0.05, 0.1) is 17.2 Å². The van der Waals surface area contributed by atoms with Crippen LogP contribution < -0.4 is 5.32 Å². The van der Waals surface area contributed by atoms with Gasteiger partial charge in [-0.2, -0.15) is 0 Å². The maximum atomic E-state index is 12.9. The fourth-order valence-corrected chi connectivity index (χ4v) is 3.26. The molecule has 28 heavy (non-hydrogen) atoms. The molecule has 6 nitrogen and oxygen atoms in total. The lowest BCUT2D eigenvalue weighted by molar-refractivity contribution is 0.0467. The fourth-order valence-electron chi connectivity index (χ4n) is 3.06. The van der Waals surface area contributed by atoms with Crippen molar-refractivity contribution in [2.45, 2.75) is 32.4 Å². The second-order valence-corrected chi connectivity index (χ2v) is 7.92. The van der Waals surface area contributed by atoms with Crippen LogP contribution in [0.3, 0.4) is 0 Å². The number of amides is 3. The Morgan fingerprint density at radius 1 is 1.07 bits per heavy atom. The standard InChI is InChI=1S/C21H21ClN2O4/c1-21(2,3)28-20(27)23-12-17(13-7-6-8-14(22)11-13)24-18(25)15-9-4-5-10-16(15)19(24)26/h4-11,17H,12H2,1-3H3,(H,23,27)/t17-/m0/s1. The molecule has 1 heterocycles. The van der Waals surface area contributed by atoms with Crippen molar-refractivity contribution in [3.8, 4) is 0 Å². The monoisotopic (exact) mass is 400 g/mol. The second kappa shape index (κ2) is 7.64. The SMILES string of the molecule is CC(C)(C)OC(=O)NC[C@@H](c1cccc(Cl)c1)N1C(=O)c2ccccc2C1=O. The number of ether oxygens (including phenoxy) is 1. The number of nitrogens with zero attached hydrogens (tertiary/aromatic N) is 1. The first-order valence-corrected chi connectivity index (χ1v) is 9.24. The third-order valence-corrected chi connectivity index (χ3v) is 4.44. The molecule has 1 aliphatic heterocycles. The summed E-state index contributed by atoms with van der Waals surface area (Å²) in [6, 6.07) is 12.8. The van der Waals surface area contributed by atoms with Crippen molar-refractivity contribution in [2.75, 3.05) is 6.54 Å². The number of rotatable bonds is 4. The van der Waals surface area contributed by atoms with E-state index in [1.165, 1.54) is 0 Å². The Bertz CT molecular complexity index is 901. The van der Waals surface area contributed by atoms with E-state index in [2.05, 4.69) is 5.32 Å². The molecule has 3 rings (SSSR count). The smallest absolute Gasteiger partial charge is 0.407 e. The molecular weight excluding hydrogens is 380 g/mol. The molecule has 0 unspecified atom stereocenters. The van der Waals surface area contributed by atoms with Crippen LogP contribution in [0.2, 0.25) is 5.02 Å². The van der Waals surface area contributed by atoms with Gasteiger partial charge in [0, 0.05) is 11.6 Å². The molecule has 2 aromatic rings. The van der Waals surface area contributed by atoms with Crippen molar-refractivity contribution < 1.29 is 19.1 Å². The minimum absolute atomic E-state index is 0.000718. The predicted molar refractivity (Wildman–Crippen MR) is 105 cm³/mol. The van der Waals surface area contributed by atoms with Gasteiger partial charge < -0.3 is 10.1 Å². The van der Waals surface area contributed by atoms with Gasteiger partial charge in [0.25, 0.3) is 11.8 Å². The van der Waals surface area contributed by atoms with Crippen molar-refractivity contribution >= 4 is 29.5 Å². The zero-order valence-corrected chi connectivity index (χ0v) is 16.6. The number of nitrogens with one attached hydrogen (secondary N) is 1. The van der Waals surface area contributed by atoms with Crippen LogP contribution in [0.15, 0.2) is 48.5 Å². The molecule has 0 saturated carbocycles. The number of hydrogen-bond donors (Lipinski definition) is 1. The molecular formula is C21H21ClN2O4. The van der Waals surface area contributed by atoms with E-state index in [4.69, 9.17) is 16.3 Å². The van der Waals surface area contributed by atoms with Gasteiger partial charge >= 0.3 is 6.09 Å². The largest absolute Gasteiger partial charge is 0.444 e. The van der Waals surface area contributed by atoms with Gasteiger partial charge in [-0.05, 0) is 50.6 Å². The summed E-state index contributed by atoms with van der Waals surface area (Å²) < 4.78 is 5.26. The molecule has 1 N–H and O–H groups in total. The highest BCUT2D eigenvalue weighted by atomic mass is 35.5. The summed E-state index contributed by atoms with van der Waals surface area (Å²) in [7, 11) is 0. The molecule has 7 heteroatoms. The average molecular weight is 401 g/mol. The number of benzene rings is 2. The lowest BCUT2D eigenvalue weighted by Crippen LogP contribution is -2.42. The highest BCUT2D eigenvalue weighted by Gasteiger charge is 2.40. The quantitative estimate of drug-likeness (QED) is 0.780. The van der Waals surface area contributed by atoms with Crippen molar-refractivity contribution in [2.24, 2.45) is 0 Å². The van der Waals surface area contributed by atoms with E-state index in [9.17, 15) is 14.4 Å². The molecule has 1 aliphatic rings. The summed E-state index contributed by atoms with van der Waals surface area (Å²) >= 11 is 6.11. The number of imide groups is 1. The van der Waals surface area contributed by atoms with Crippen LogP contribution in [0.1, 0.15) is 53.1 Å². The molecule has 0 saturated heterocycles. The van der Waals surface area contributed by atoms with E-state index in [0.29, 0.717) is 21.7 Å². The van der Waals surface area contributed by atoms with E-state index < -0.39 is 29.6 Å². The van der Waals surface area contributed by atoms with Crippen LogP contribution in [0, 0.1) is 0 Å². The predicted octanol–water partition coefficient (Wildman–Crippen LogP) is 4.20. The second-order valence-electron chi connectivity index (χ2n) is 7.48. The molecule has 1 atom stereocenters. The third-order valence-electron chi connectivity index (χ3n) is 4.21. The molecule has 0 aromatic heterocycles. The maximum absolute atomic E-state index is 12.9. The normalized spacial score (nSPS) is 14.6. The van der Waals surface area contributed by atoms with Crippen LogP contribution in [-0.2, 0) is 4.74 Å². The highest BCUT2D eigenvalue weighted by molar-refractivity contribution is 6.30. The van der Waals surface area contributed by atoms with Crippen molar-refractivity contribution in [3.63, 3.8) is 0 Å². The molecule has 0 bridgehead atoms. The highest BCUT2D eigenvalue weighted by Crippen LogP contribution is 2.32. The third kappa shape index (κ3) is 4.17. The number of carbonyl (C=O) groups excluding carboxylic acids is 3. The Hall–Kier alpha value is -2.86. The topological polar surface area (TPSA) is 75.7 Å². The number of fused-ring (bicyclic) bond motifs is 1. The summed E-state index contributed by atoms with van der Waals surface area (Å²) in [5.41, 5.74) is 0.664. The van der Waals surface area contributed by atoms with Crippen LogP contribution in [0.25, 0.3) is 0 Å². The van der Waals surface area contributed by atoms with E-state index in [1.807, 2.05) is 0 Å². The van der Waals surface area contributed by atoms with E-state index in [1.54, 1.807) is 69.3 Å². The van der Waals surface area contributed by atoms with Crippen LogP contribution in [0.5, 0.6) is 0 Å². The number of halogens is 1. The Labute approximate surface area is 168 Å². The van der Waals surface area contributed by atoms with Crippen molar-refractivity contribution in [1.29, 1.82) is 0 Å². The molecule has 0 fully saturated rings. The first kappa shape index (κ1) is 19.9. The summed E-state index contributed by atoms with van der Waals surface area (Å²) in [4.78, 5) is 39.1. The first-order valence-electron chi connectivity index (χ1n) is 8.86. The molecule has 146 valence electrons. The summed E-state index contributed by atoms with van der Waals surface area (Å²) in [6.07, 6.45) is -0.629. The lowest BCUT2D eigenvalue weighted by Gasteiger charge is -2.28. The first-order chi connectivity index (χ1) is 13.2. The molecule has 0 spiro atoms. The molecule has 0 aliphatic carbocycles. The Kier molecular flexibility index (Phi) is 5.42. The van der Waals surface area contributed by atoms with Gasteiger partial charge in [0.15, 0.2) is 0 Å². The molecule has 2 aromatic carbocycles. The average Bonchev–Trinajstić information content (AvgIpc) is 2.86. The molecule has 0 radical (unpaired) electrons. The number of hydrogen-bond acceptors (Lipinski definition) is 4. The van der Waals surface area contributed by atoms with Crippen LogP contribution >= 0.6 is 11.6 Å². The lowest BCUT2D eigenvalue weighted by atomic mass is 10.1. The Balaban J connectivity index is 1.91. The summed E-state index contributed by atoms with van der Waals surface area (Å²) in [6.45, 7) is 5.27. The van der Waals surface area contributed by atoms with Gasteiger partial charge in [-0.15, -0.1) is 0 Å². The maximum Gasteiger partial charge on any atom is 0.407 e. The van der Waals surface area contributed by atoms with E-state index in [-0.39, 0.29) is 6.54 Å². The van der Waals surface area contributed by atoms with E-state index >= 15 is 0 Å². The van der Waals surface area contributed by atoms with Crippen molar-refractivity contribution in [1.82, 2.24) is 10.2 Å².